The van der Waals surface area contributed by atoms with Crippen molar-refractivity contribution in [3.63, 3.8) is 0 Å². The zero-order valence-electron chi connectivity index (χ0n) is 11.5. The maximum Gasteiger partial charge on any atom is 0.244 e. The molecule has 2 unspecified atom stereocenters. The first-order valence-electron chi connectivity index (χ1n) is 6.57. The first kappa shape index (κ1) is 15.3. The number of piperidine rings is 1. The number of nitriles is 1. The van der Waals surface area contributed by atoms with E-state index in [-0.39, 0.29) is 16.0 Å². The molecule has 0 saturated carbocycles. The van der Waals surface area contributed by atoms with Gasteiger partial charge in [-0.15, -0.1) is 0 Å². The van der Waals surface area contributed by atoms with E-state index in [0.29, 0.717) is 18.0 Å². The first-order valence-corrected chi connectivity index (χ1v) is 8.39. The number of hydrogen-bond donors (Lipinski definition) is 0. The lowest BCUT2D eigenvalue weighted by Crippen LogP contribution is -2.44. The lowest BCUT2D eigenvalue weighted by molar-refractivity contribution is 0.218. The van der Waals surface area contributed by atoms with Gasteiger partial charge in [-0.2, -0.15) is 9.57 Å². The second-order valence-corrected chi connectivity index (χ2v) is 7.63. The molecule has 1 heterocycles. The Labute approximate surface area is 125 Å². The molecule has 0 N–H and O–H groups in total. The zero-order valence-corrected chi connectivity index (χ0v) is 13.1. The van der Waals surface area contributed by atoms with E-state index in [1.54, 1.807) is 0 Å². The van der Waals surface area contributed by atoms with Gasteiger partial charge < -0.3 is 0 Å². The van der Waals surface area contributed by atoms with Crippen LogP contribution in [0.1, 0.15) is 32.3 Å². The number of sulfonamides is 1. The molecule has 0 amide bonds. The molecule has 0 spiro atoms. The molecule has 0 aliphatic carbocycles. The monoisotopic (exact) mass is 312 g/mol. The van der Waals surface area contributed by atoms with Crippen molar-refractivity contribution >= 4 is 21.6 Å². The number of nitrogens with zero attached hydrogens (tertiary/aromatic N) is 2. The molecule has 108 valence electrons. The molecule has 2 atom stereocenters. The molecular formula is C14H17ClN2O2S. The van der Waals surface area contributed by atoms with Gasteiger partial charge >= 0.3 is 0 Å². The van der Waals surface area contributed by atoms with Crippen molar-refractivity contribution < 1.29 is 8.42 Å². The minimum atomic E-state index is -3.61. The van der Waals surface area contributed by atoms with Gasteiger partial charge in [0.05, 0.1) is 16.7 Å². The van der Waals surface area contributed by atoms with Gasteiger partial charge in [0.2, 0.25) is 10.0 Å². The highest BCUT2D eigenvalue weighted by Gasteiger charge is 2.34. The minimum Gasteiger partial charge on any atom is -0.207 e. The van der Waals surface area contributed by atoms with Gasteiger partial charge in [-0.3, -0.25) is 0 Å². The van der Waals surface area contributed by atoms with Gasteiger partial charge in [0.1, 0.15) is 4.90 Å². The fraction of sp³-hybridized carbons (Fsp3) is 0.500. The Balaban J connectivity index is 2.42. The molecule has 0 radical (unpaired) electrons. The van der Waals surface area contributed by atoms with E-state index in [4.69, 9.17) is 16.9 Å². The molecule has 1 aromatic carbocycles. The van der Waals surface area contributed by atoms with E-state index in [0.717, 1.165) is 12.8 Å². The quantitative estimate of drug-likeness (QED) is 0.843. The van der Waals surface area contributed by atoms with Crippen LogP contribution in [0.2, 0.25) is 5.02 Å². The van der Waals surface area contributed by atoms with Crippen LogP contribution >= 0.6 is 11.6 Å². The van der Waals surface area contributed by atoms with Gasteiger partial charge in [0.25, 0.3) is 0 Å². The Hall–Kier alpha value is -1.09. The molecule has 6 heteroatoms. The fourth-order valence-corrected chi connectivity index (χ4v) is 4.79. The standard InChI is InChI=1S/C14H17ClN2O2S/c1-10-3-4-11(2)17(9-10)20(18,19)14-6-5-12(8-16)7-13(14)15/h5-7,10-11H,3-4,9H2,1-2H3. The van der Waals surface area contributed by atoms with E-state index >= 15 is 0 Å². The molecule has 0 bridgehead atoms. The van der Waals surface area contributed by atoms with Crippen molar-refractivity contribution in [3.8, 4) is 6.07 Å². The highest BCUT2D eigenvalue weighted by Crippen LogP contribution is 2.31. The van der Waals surface area contributed by atoms with Crippen LogP contribution in [0.4, 0.5) is 0 Å². The largest absolute Gasteiger partial charge is 0.244 e. The average Bonchev–Trinajstić information content (AvgIpc) is 2.40. The number of hydrogen-bond acceptors (Lipinski definition) is 3. The van der Waals surface area contributed by atoms with Gasteiger partial charge in [0, 0.05) is 12.6 Å². The average molecular weight is 313 g/mol. The Bertz CT molecular complexity index is 652. The van der Waals surface area contributed by atoms with E-state index in [2.05, 4.69) is 6.92 Å². The zero-order chi connectivity index (χ0) is 14.9. The molecule has 1 saturated heterocycles. The second-order valence-electron chi connectivity index (χ2n) is 5.36. The van der Waals surface area contributed by atoms with Crippen LogP contribution in [0.3, 0.4) is 0 Å². The molecule has 1 fully saturated rings. The van der Waals surface area contributed by atoms with Crippen molar-refractivity contribution in [1.82, 2.24) is 4.31 Å². The molecule has 20 heavy (non-hydrogen) atoms. The summed E-state index contributed by atoms with van der Waals surface area (Å²) in [6.45, 7) is 4.48. The molecular weight excluding hydrogens is 296 g/mol. The summed E-state index contributed by atoms with van der Waals surface area (Å²) in [7, 11) is -3.61. The summed E-state index contributed by atoms with van der Waals surface area (Å²) >= 11 is 6.04. The van der Waals surface area contributed by atoms with E-state index in [1.165, 1.54) is 22.5 Å². The minimum absolute atomic E-state index is 0.0251. The maximum absolute atomic E-state index is 12.7. The summed E-state index contributed by atoms with van der Waals surface area (Å²) in [6, 6.07) is 6.22. The molecule has 0 aromatic heterocycles. The van der Waals surface area contributed by atoms with Crippen molar-refractivity contribution in [1.29, 1.82) is 5.26 Å². The van der Waals surface area contributed by atoms with Gasteiger partial charge in [0.15, 0.2) is 0 Å². The third-order valence-electron chi connectivity index (χ3n) is 3.71. The third-order valence-corrected chi connectivity index (χ3v) is 6.17. The van der Waals surface area contributed by atoms with Crippen LogP contribution < -0.4 is 0 Å². The first-order chi connectivity index (χ1) is 9.36. The van der Waals surface area contributed by atoms with Gasteiger partial charge in [-0.25, -0.2) is 8.42 Å². The summed E-state index contributed by atoms with van der Waals surface area (Å²) in [5.74, 6) is 0.345. The molecule has 1 aromatic rings. The molecule has 2 rings (SSSR count). The summed E-state index contributed by atoms with van der Waals surface area (Å²) in [5.41, 5.74) is 0.356. The summed E-state index contributed by atoms with van der Waals surface area (Å²) < 4.78 is 27.0. The van der Waals surface area contributed by atoms with Gasteiger partial charge in [-0.05, 0) is 43.9 Å². The van der Waals surface area contributed by atoms with Crippen LogP contribution in [0, 0.1) is 17.2 Å². The van der Waals surface area contributed by atoms with Crippen molar-refractivity contribution in [3.05, 3.63) is 28.8 Å². The number of benzene rings is 1. The lowest BCUT2D eigenvalue weighted by atomic mass is 9.97. The van der Waals surface area contributed by atoms with Crippen LogP contribution in [0.5, 0.6) is 0 Å². The molecule has 1 aliphatic heterocycles. The Kier molecular flexibility index (Phi) is 4.38. The van der Waals surface area contributed by atoms with Crippen molar-refractivity contribution in [2.75, 3.05) is 6.54 Å². The second kappa shape index (κ2) is 5.72. The van der Waals surface area contributed by atoms with Gasteiger partial charge in [-0.1, -0.05) is 18.5 Å². The van der Waals surface area contributed by atoms with Crippen LogP contribution in [0.15, 0.2) is 23.1 Å². The van der Waals surface area contributed by atoms with E-state index < -0.39 is 10.0 Å². The smallest absolute Gasteiger partial charge is 0.207 e. The fourth-order valence-electron chi connectivity index (χ4n) is 2.49. The van der Waals surface area contributed by atoms with Crippen LogP contribution in [0.25, 0.3) is 0 Å². The topological polar surface area (TPSA) is 61.2 Å². The maximum atomic E-state index is 12.7. The summed E-state index contributed by atoms with van der Waals surface area (Å²) in [5, 5.41) is 8.92. The Morgan fingerprint density at radius 1 is 1.35 bits per heavy atom. The highest BCUT2D eigenvalue weighted by atomic mass is 35.5. The normalized spacial score (nSPS) is 24.3. The summed E-state index contributed by atoms with van der Waals surface area (Å²) in [4.78, 5) is 0.0825. The van der Waals surface area contributed by atoms with Crippen molar-refractivity contribution in [2.45, 2.75) is 37.6 Å². The molecule has 1 aliphatic rings. The SMILES string of the molecule is CC1CCC(C)N(S(=O)(=O)c2ccc(C#N)cc2Cl)C1. The van der Waals surface area contributed by atoms with Crippen LogP contribution in [-0.2, 0) is 10.0 Å². The van der Waals surface area contributed by atoms with E-state index in [9.17, 15) is 8.42 Å². The number of halogens is 1. The lowest BCUT2D eigenvalue weighted by Gasteiger charge is -2.35. The Morgan fingerprint density at radius 3 is 2.65 bits per heavy atom. The van der Waals surface area contributed by atoms with Crippen LogP contribution in [-0.4, -0.2) is 25.3 Å². The van der Waals surface area contributed by atoms with Crippen molar-refractivity contribution in [2.24, 2.45) is 5.92 Å². The summed E-state index contributed by atoms with van der Waals surface area (Å²) in [6.07, 6.45) is 1.89. The van der Waals surface area contributed by atoms with E-state index in [1.807, 2.05) is 13.0 Å². The Morgan fingerprint density at radius 2 is 2.05 bits per heavy atom. The number of rotatable bonds is 2. The third kappa shape index (κ3) is 2.83. The predicted molar refractivity (Wildman–Crippen MR) is 77.9 cm³/mol. The highest BCUT2D eigenvalue weighted by molar-refractivity contribution is 7.89. The molecule has 4 nitrogen and oxygen atoms in total. The predicted octanol–water partition coefficient (Wildman–Crippen LogP) is 3.02.